The van der Waals surface area contributed by atoms with Crippen molar-refractivity contribution in [3.63, 3.8) is 0 Å². The van der Waals surface area contributed by atoms with Gasteiger partial charge < -0.3 is 21.3 Å². The summed E-state index contributed by atoms with van der Waals surface area (Å²) in [5, 5.41) is 9.52. The number of aromatic nitrogens is 2. The molecular weight excluding hydrogens is 627 g/mol. The molecule has 0 bridgehead atoms. The first kappa shape index (κ1) is 30.4. The molecule has 0 radical (unpaired) electrons. The number of nitrogens with two attached hydrogens (primary N) is 1. The van der Waals surface area contributed by atoms with E-state index in [2.05, 4.69) is 89.4 Å². The van der Waals surface area contributed by atoms with Gasteiger partial charge in [0.2, 0.25) is 0 Å². The average molecular weight is 660 g/mol. The fourth-order valence-corrected chi connectivity index (χ4v) is 4.44. The number of anilines is 2. The van der Waals surface area contributed by atoms with E-state index in [-0.39, 0.29) is 22.5 Å². The van der Waals surface area contributed by atoms with Gasteiger partial charge in [-0.2, -0.15) is 0 Å². The fraction of sp³-hybridized carbons (Fsp3) is 0.370. The molecule has 4 N–H and O–H groups in total. The second-order valence-corrected chi connectivity index (χ2v) is 10.8. The van der Waals surface area contributed by atoms with Crippen molar-refractivity contribution in [2.75, 3.05) is 37.7 Å². The molecule has 0 saturated heterocycles. The van der Waals surface area contributed by atoms with Gasteiger partial charge in [0.1, 0.15) is 0 Å². The van der Waals surface area contributed by atoms with E-state index in [0.717, 1.165) is 44.3 Å². The number of carbonyl (C=O) groups excluding carboxylic acids is 1. The number of hydrogen-bond donors (Lipinski definition) is 3. The lowest BCUT2D eigenvalue weighted by Gasteiger charge is -2.16. The normalized spacial score (nSPS) is 10.8. The van der Waals surface area contributed by atoms with Crippen LogP contribution in [0, 0.1) is 3.57 Å². The van der Waals surface area contributed by atoms with Crippen LogP contribution in [0.25, 0.3) is 10.4 Å². The highest BCUT2D eigenvalue weighted by molar-refractivity contribution is 14.1. The van der Waals surface area contributed by atoms with Crippen molar-refractivity contribution >= 4 is 57.4 Å². The summed E-state index contributed by atoms with van der Waals surface area (Å²) in [5.74, 6) is -0.111. The number of aryl methyl sites for hydroxylation is 1. The highest BCUT2D eigenvalue weighted by Crippen LogP contribution is 2.22. The van der Waals surface area contributed by atoms with Crippen molar-refractivity contribution in [2.24, 2.45) is 5.11 Å². The molecule has 10 nitrogen and oxygen atoms in total. The first-order valence-electron chi connectivity index (χ1n) is 12.8. The Bertz CT molecular complexity index is 1270. The van der Waals surface area contributed by atoms with Crippen LogP contribution in [0.1, 0.15) is 47.3 Å². The highest BCUT2D eigenvalue weighted by atomic mass is 125. The van der Waals surface area contributed by atoms with E-state index in [1.165, 1.54) is 15.6 Å². The van der Waals surface area contributed by atoms with Crippen LogP contribution in [0.4, 0.5) is 17.3 Å². The number of rotatable bonds is 15. The summed E-state index contributed by atoms with van der Waals surface area (Å²) in [6.07, 6.45) is 5.26. The number of nitrogens with one attached hydrogen (secondary N) is 2. The molecule has 2 aromatic carbocycles. The molecule has 0 atom stereocenters. The molecule has 0 fully saturated rings. The Kier molecular flexibility index (Phi) is 12.6. The molecular formula is C27H33ClIN9O. The number of nitrogens with zero attached hydrogens (tertiary/aromatic N) is 6. The summed E-state index contributed by atoms with van der Waals surface area (Å²) in [6, 6.07) is 15.8. The molecule has 3 aromatic rings. The zero-order valence-electron chi connectivity index (χ0n) is 21.9. The molecule has 12 heteroatoms. The first-order chi connectivity index (χ1) is 18.9. The summed E-state index contributed by atoms with van der Waals surface area (Å²) in [5.41, 5.74) is 17.3. The third kappa shape index (κ3) is 10.5. The Morgan fingerprint density at radius 2 is 1.72 bits per heavy atom. The maximum absolute atomic E-state index is 12.6. The van der Waals surface area contributed by atoms with Crippen molar-refractivity contribution in [3.05, 3.63) is 84.5 Å². The predicted molar refractivity (Wildman–Crippen MR) is 165 cm³/mol. The van der Waals surface area contributed by atoms with Crippen LogP contribution < -0.4 is 16.4 Å². The van der Waals surface area contributed by atoms with Gasteiger partial charge in [0.25, 0.3) is 5.91 Å². The van der Waals surface area contributed by atoms with E-state index >= 15 is 0 Å². The molecule has 206 valence electrons. The third-order valence-corrected chi connectivity index (χ3v) is 7.06. The Morgan fingerprint density at radius 3 is 2.41 bits per heavy atom. The van der Waals surface area contributed by atoms with E-state index < -0.39 is 5.91 Å². The van der Waals surface area contributed by atoms with Crippen LogP contribution in [-0.4, -0.2) is 47.5 Å². The van der Waals surface area contributed by atoms with Gasteiger partial charge in [-0.15, -0.1) is 0 Å². The van der Waals surface area contributed by atoms with Gasteiger partial charge in [-0.3, -0.25) is 4.79 Å². The van der Waals surface area contributed by atoms with Gasteiger partial charge in [0.05, 0.1) is 0 Å². The number of benzene rings is 2. The minimum absolute atomic E-state index is 0.00285. The van der Waals surface area contributed by atoms with Crippen molar-refractivity contribution in [1.82, 2.24) is 20.2 Å². The molecule has 39 heavy (non-hydrogen) atoms. The number of hydrogen-bond acceptors (Lipinski definition) is 7. The van der Waals surface area contributed by atoms with Gasteiger partial charge in [-0.25, -0.2) is 9.97 Å². The third-order valence-electron chi connectivity index (χ3n) is 6.07. The van der Waals surface area contributed by atoms with Crippen molar-refractivity contribution in [3.8, 4) is 0 Å². The Balaban J connectivity index is 1.34. The summed E-state index contributed by atoms with van der Waals surface area (Å²) in [7, 11) is 2.13. The summed E-state index contributed by atoms with van der Waals surface area (Å²) >= 11 is 8.59. The number of nitrogen functional groups attached to an aromatic ring is 1. The Hall–Kier alpha value is -3.12. The largest absolute Gasteiger partial charge is 0.382 e. The SMILES string of the molecule is CN(CCCCNC(=O)c1nc(Cl)c(NCc2ccc(N=[N+]=[N-])cc2)nc1N)CCCCc1ccc([125I])cc1. The minimum Gasteiger partial charge on any atom is -0.382 e. The highest BCUT2D eigenvalue weighted by Gasteiger charge is 2.16. The van der Waals surface area contributed by atoms with E-state index in [4.69, 9.17) is 22.9 Å². The van der Waals surface area contributed by atoms with Gasteiger partial charge >= 0.3 is 0 Å². The summed E-state index contributed by atoms with van der Waals surface area (Å²) < 4.78 is 1.27. The second kappa shape index (κ2) is 16.1. The van der Waals surface area contributed by atoms with Gasteiger partial charge in [-0.1, -0.05) is 53.1 Å². The predicted octanol–water partition coefficient (Wildman–Crippen LogP) is 6.34. The molecule has 1 amide bonds. The average Bonchev–Trinajstić information content (AvgIpc) is 2.93. The van der Waals surface area contributed by atoms with Crippen LogP contribution >= 0.6 is 34.2 Å². The molecule has 0 unspecified atom stereocenters. The first-order valence-corrected chi connectivity index (χ1v) is 14.2. The van der Waals surface area contributed by atoms with E-state index in [9.17, 15) is 4.79 Å². The smallest absolute Gasteiger partial charge is 0.273 e. The lowest BCUT2D eigenvalue weighted by atomic mass is 10.1. The van der Waals surface area contributed by atoms with Crippen molar-refractivity contribution < 1.29 is 4.79 Å². The fourth-order valence-electron chi connectivity index (χ4n) is 3.89. The topological polar surface area (TPSA) is 145 Å². The second-order valence-electron chi connectivity index (χ2n) is 9.16. The number of azide groups is 1. The lowest BCUT2D eigenvalue weighted by molar-refractivity contribution is 0.0948. The molecule has 3 rings (SSSR count). The quantitative estimate of drug-likeness (QED) is 0.0571. The van der Waals surface area contributed by atoms with Gasteiger partial charge in [0.15, 0.2) is 22.5 Å². The van der Waals surface area contributed by atoms with Crippen LogP contribution in [0.15, 0.2) is 53.6 Å². The molecule has 1 heterocycles. The monoisotopic (exact) mass is 659 g/mol. The number of unbranched alkanes of at least 4 members (excludes halogenated alkanes) is 2. The maximum Gasteiger partial charge on any atom is 0.273 e. The number of amides is 1. The van der Waals surface area contributed by atoms with Crippen LogP contribution in [0.5, 0.6) is 0 Å². The summed E-state index contributed by atoms with van der Waals surface area (Å²) in [4.78, 5) is 26.0. The van der Waals surface area contributed by atoms with Crippen LogP contribution in [-0.2, 0) is 13.0 Å². The maximum atomic E-state index is 12.6. The lowest BCUT2D eigenvalue weighted by Crippen LogP contribution is -2.28. The van der Waals surface area contributed by atoms with E-state index in [1.807, 2.05) is 12.1 Å². The Morgan fingerprint density at radius 1 is 1.05 bits per heavy atom. The number of carbonyl (C=O) groups is 1. The van der Waals surface area contributed by atoms with Gasteiger partial charge in [-0.05, 0) is 104 Å². The molecule has 0 saturated carbocycles. The van der Waals surface area contributed by atoms with E-state index in [1.54, 1.807) is 12.1 Å². The van der Waals surface area contributed by atoms with Crippen LogP contribution in [0.2, 0.25) is 5.15 Å². The zero-order chi connectivity index (χ0) is 28.0. The standard InChI is InChI=1S/C27H33ClIN9O/c1-38(16-4-2-6-19-7-11-21(29)12-8-19)17-5-3-15-32-27(39)23-25(30)35-26(24(28)34-23)33-18-20-9-13-22(14-10-20)36-37-31/h7-14H,2-6,15-18H2,1H3,(H,32,39)(H3,30,33,35)/i29-2. The zero-order valence-corrected chi connectivity index (χ0v) is 24.8. The van der Waals surface area contributed by atoms with Crippen LogP contribution in [0.3, 0.4) is 0 Å². The minimum atomic E-state index is -0.397. The molecule has 1 aromatic heterocycles. The van der Waals surface area contributed by atoms with Crippen molar-refractivity contribution in [2.45, 2.75) is 38.6 Å². The van der Waals surface area contributed by atoms with E-state index in [0.29, 0.717) is 18.8 Å². The molecule has 0 aliphatic heterocycles. The molecule has 0 aliphatic carbocycles. The molecule has 0 aliphatic rings. The number of halogens is 2. The van der Waals surface area contributed by atoms with Crippen molar-refractivity contribution in [1.29, 1.82) is 0 Å². The summed E-state index contributed by atoms with van der Waals surface area (Å²) in [6.45, 7) is 2.95. The molecule has 0 spiro atoms. The van der Waals surface area contributed by atoms with Gasteiger partial charge in [0, 0.05) is 27.3 Å². The Labute approximate surface area is 247 Å².